The lowest BCUT2D eigenvalue weighted by atomic mass is 10.1. The first-order valence-corrected chi connectivity index (χ1v) is 9.72. The summed E-state index contributed by atoms with van der Waals surface area (Å²) in [7, 11) is 1.58. The van der Waals surface area contributed by atoms with Crippen LogP contribution in [-0.2, 0) is 6.54 Å². The molecule has 1 aliphatic carbocycles. The van der Waals surface area contributed by atoms with Crippen LogP contribution in [0.15, 0.2) is 48.5 Å². The van der Waals surface area contributed by atoms with Crippen LogP contribution in [0.3, 0.4) is 0 Å². The Kier molecular flexibility index (Phi) is 5.20. The predicted molar refractivity (Wildman–Crippen MR) is 110 cm³/mol. The molecule has 0 unspecified atom stereocenters. The first-order valence-electron chi connectivity index (χ1n) is 9.34. The molecule has 0 aliphatic heterocycles. The number of carbonyl (C=O) groups excluding carboxylic acids is 2. The van der Waals surface area contributed by atoms with Gasteiger partial charge in [0.25, 0.3) is 5.91 Å². The lowest BCUT2D eigenvalue weighted by Crippen LogP contribution is -2.28. The molecule has 1 amide bonds. The Morgan fingerprint density at radius 1 is 1.24 bits per heavy atom. The average molecular weight is 412 g/mol. The van der Waals surface area contributed by atoms with Gasteiger partial charge in [0.2, 0.25) is 0 Å². The second kappa shape index (κ2) is 7.79. The molecule has 0 spiro atoms. The van der Waals surface area contributed by atoms with E-state index in [1.807, 2.05) is 0 Å². The number of nitrogens with zero attached hydrogens (tertiary/aromatic N) is 3. The first-order chi connectivity index (χ1) is 14.0. The molecule has 0 bridgehead atoms. The number of hydrogen-bond donors (Lipinski definition) is 0. The van der Waals surface area contributed by atoms with E-state index < -0.39 is 0 Å². The van der Waals surface area contributed by atoms with Gasteiger partial charge in [-0.2, -0.15) is 5.10 Å². The fraction of sp³-hybridized carbons (Fsp3) is 0.227. The van der Waals surface area contributed by atoms with Crippen LogP contribution < -0.4 is 4.90 Å². The molecule has 0 saturated heterocycles. The van der Waals surface area contributed by atoms with Gasteiger partial charge in [-0.3, -0.25) is 19.2 Å². The Morgan fingerprint density at radius 3 is 2.59 bits per heavy atom. The number of hydrogen-bond acceptors (Lipinski definition) is 3. The normalized spacial score (nSPS) is 13.3. The Balaban J connectivity index is 1.76. The molecular weight excluding hydrogens is 393 g/mol. The fourth-order valence-corrected chi connectivity index (χ4v) is 3.65. The Bertz CT molecular complexity index is 1070. The van der Waals surface area contributed by atoms with Crippen molar-refractivity contribution in [2.75, 3.05) is 11.9 Å². The number of aldehydes is 1. The van der Waals surface area contributed by atoms with Crippen LogP contribution in [0.25, 0.3) is 11.3 Å². The molecule has 0 atom stereocenters. The molecule has 4 rings (SSSR count). The molecule has 1 heterocycles. The first kappa shape index (κ1) is 19.3. The van der Waals surface area contributed by atoms with E-state index in [9.17, 15) is 14.0 Å². The summed E-state index contributed by atoms with van der Waals surface area (Å²) in [6.07, 6.45) is 2.90. The van der Waals surface area contributed by atoms with Crippen LogP contribution in [0.4, 0.5) is 10.2 Å². The minimum absolute atomic E-state index is 0.279. The summed E-state index contributed by atoms with van der Waals surface area (Å²) in [5.41, 5.74) is 1.96. The topological polar surface area (TPSA) is 55.2 Å². The zero-order valence-corrected chi connectivity index (χ0v) is 16.6. The molecule has 1 fully saturated rings. The monoisotopic (exact) mass is 411 g/mol. The fourth-order valence-electron chi connectivity index (χ4n) is 3.27. The number of halogens is 2. The van der Waals surface area contributed by atoms with Crippen LogP contribution in [0.2, 0.25) is 5.02 Å². The van der Waals surface area contributed by atoms with E-state index in [4.69, 9.17) is 11.6 Å². The Labute approximate surface area is 172 Å². The number of aromatic nitrogens is 2. The van der Waals surface area contributed by atoms with E-state index in [-0.39, 0.29) is 17.3 Å². The highest BCUT2D eigenvalue weighted by Gasteiger charge is 2.29. The summed E-state index contributed by atoms with van der Waals surface area (Å²) >= 11 is 6.67. The lowest BCUT2D eigenvalue weighted by Gasteiger charge is -2.16. The van der Waals surface area contributed by atoms with Crippen molar-refractivity contribution in [3.05, 3.63) is 70.5 Å². The molecule has 148 valence electrons. The highest BCUT2D eigenvalue weighted by Crippen LogP contribution is 2.39. The number of anilines is 1. The largest absolute Gasteiger partial charge is 0.298 e. The summed E-state index contributed by atoms with van der Waals surface area (Å²) in [5, 5.41) is 4.91. The van der Waals surface area contributed by atoms with Crippen LogP contribution in [0.1, 0.15) is 33.6 Å². The number of carbonyl (C=O) groups is 2. The molecule has 0 N–H and O–H groups in total. The number of benzene rings is 2. The van der Waals surface area contributed by atoms with Crippen molar-refractivity contribution >= 4 is 29.6 Å². The Hall–Kier alpha value is -2.99. The molecule has 0 radical (unpaired) electrons. The third-order valence-corrected chi connectivity index (χ3v) is 5.41. The van der Waals surface area contributed by atoms with Crippen molar-refractivity contribution in [2.45, 2.75) is 19.4 Å². The van der Waals surface area contributed by atoms with Crippen molar-refractivity contribution in [3.8, 4) is 11.3 Å². The van der Waals surface area contributed by atoms with E-state index >= 15 is 0 Å². The van der Waals surface area contributed by atoms with Gasteiger partial charge in [-0.05, 0) is 49.1 Å². The van der Waals surface area contributed by atoms with Crippen LogP contribution in [0.5, 0.6) is 0 Å². The highest BCUT2D eigenvalue weighted by atomic mass is 35.5. The van der Waals surface area contributed by atoms with Gasteiger partial charge in [-0.1, -0.05) is 29.8 Å². The minimum Gasteiger partial charge on any atom is -0.298 e. The van der Waals surface area contributed by atoms with Gasteiger partial charge in [0, 0.05) is 24.7 Å². The van der Waals surface area contributed by atoms with Gasteiger partial charge in [0.05, 0.1) is 11.3 Å². The quantitative estimate of drug-likeness (QED) is 0.545. The van der Waals surface area contributed by atoms with Crippen LogP contribution in [0, 0.1) is 11.7 Å². The molecule has 2 aromatic carbocycles. The maximum absolute atomic E-state index is 13.4. The number of rotatable bonds is 6. The Morgan fingerprint density at radius 2 is 1.93 bits per heavy atom. The molecule has 1 aromatic heterocycles. The summed E-state index contributed by atoms with van der Waals surface area (Å²) in [5.74, 6) is 0.111. The number of amides is 1. The summed E-state index contributed by atoms with van der Waals surface area (Å²) in [6, 6.07) is 12.6. The molecular formula is C22H19ClFN3O2. The third kappa shape index (κ3) is 3.80. The van der Waals surface area contributed by atoms with Gasteiger partial charge in [-0.25, -0.2) is 4.39 Å². The molecule has 1 aliphatic rings. The van der Waals surface area contributed by atoms with Gasteiger partial charge in [0.15, 0.2) is 12.1 Å². The van der Waals surface area contributed by atoms with E-state index in [1.165, 1.54) is 17.0 Å². The van der Waals surface area contributed by atoms with Gasteiger partial charge < -0.3 is 0 Å². The summed E-state index contributed by atoms with van der Waals surface area (Å²) in [6.45, 7) is 0.680. The average Bonchev–Trinajstić information content (AvgIpc) is 3.50. The van der Waals surface area contributed by atoms with Crippen LogP contribution >= 0.6 is 11.6 Å². The highest BCUT2D eigenvalue weighted by molar-refractivity contribution is 6.36. The maximum Gasteiger partial charge on any atom is 0.259 e. The van der Waals surface area contributed by atoms with Gasteiger partial charge >= 0.3 is 0 Å². The predicted octanol–water partition coefficient (Wildman–Crippen LogP) is 4.84. The SMILES string of the molecule is CN(C(=O)c1ccccc1C=O)c1nn(CC2CC2)c(-c2ccc(F)cc2)c1Cl. The summed E-state index contributed by atoms with van der Waals surface area (Å²) in [4.78, 5) is 25.7. The van der Waals surface area contributed by atoms with Crippen molar-refractivity contribution in [1.29, 1.82) is 0 Å². The second-order valence-corrected chi connectivity index (χ2v) is 7.57. The van der Waals surface area contributed by atoms with E-state index in [0.717, 1.165) is 18.4 Å². The van der Waals surface area contributed by atoms with Crippen molar-refractivity contribution in [2.24, 2.45) is 5.92 Å². The minimum atomic E-state index is -0.378. The van der Waals surface area contributed by atoms with E-state index in [0.29, 0.717) is 40.8 Å². The van der Waals surface area contributed by atoms with E-state index in [1.54, 1.807) is 48.1 Å². The lowest BCUT2D eigenvalue weighted by molar-refractivity contribution is 0.0985. The van der Waals surface area contributed by atoms with Gasteiger partial charge in [0.1, 0.15) is 10.8 Å². The second-order valence-electron chi connectivity index (χ2n) is 7.19. The molecule has 29 heavy (non-hydrogen) atoms. The zero-order chi connectivity index (χ0) is 20.5. The smallest absolute Gasteiger partial charge is 0.259 e. The van der Waals surface area contributed by atoms with Crippen molar-refractivity contribution in [3.63, 3.8) is 0 Å². The van der Waals surface area contributed by atoms with Crippen LogP contribution in [-0.4, -0.2) is 29.0 Å². The van der Waals surface area contributed by atoms with Gasteiger partial charge in [-0.15, -0.1) is 0 Å². The van der Waals surface area contributed by atoms with Crippen molar-refractivity contribution in [1.82, 2.24) is 9.78 Å². The molecule has 1 saturated carbocycles. The summed E-state index contributed by atoms with van der Waals surface area (Å²) < 4.78 is 15.2. The molecule has 3 aromatic rings. The van der Waals surface area contributed by atoms with Crippen molar-refractivity contribution < 1.29 is 14.0 Å². The molecule has 7 heteroatoms. The standard InChI is InChI=1S/C22H19ClFN3O2/c1-26(22(29)18-5-3-2-4-16(18)13-28)21-19(23)20(15-8-10-17(24)11-9-15)27(25-21)12-14-6-7-14/h2-5,8-11,13-14H,6-7,12H2,1H3. The van der Waals surface area contributed by atoms with E-state index in [2.05, 4.69) is 5.10 Å². The third-order valence-electron chi connectivity index (χ3n) is 5.06. The zero-order valence-electron chi connectivity index (χ0n) is 15.8. The maximum atomic E-state index is 13.4. The molecule has 5 nitrogen and oxygen atoms in total.